The van der Waals surface area contributed by atoms with Crippen molar-refractivity contribution in [2.24, 2.45) is 5.92 Å². The smallest absolute Gasteiger partial charge is 0.323 e. The molecule has 3 aromatic rings. The maximum atomic E-state index is 12.8. The zero-order valence-electron chi connectivity index (χ0n) is 16.8. The summed E-state index contributed by atoms with van der Waals surface area (Å²) in [7, 11) is 0. The maximum Gasteiger partial charge on any atom is 0.323 e. The fourth-order valence-corrected chi connectivity index (χ4v) is 4.59. The van der Waals surface area contributed by atoms with Gasteiger partial charge < -0.3 is 4.90 Å². The largest absolute Gasteiger partial charge is 0.324 e. The molecule has 2 aromatic carbocycles. The molecule has 1 aromatic heterocycles. The summed E-state index contributed by atoms with van der Waals surface area (Å²) in [5.74, 6) is 2.27. The van der Waals surface area contributed by atoms with E-state index in [1.54, 1.807) is 4.68 Å². The minimum absolute atomic E-state index is 0.0505. The maximum absolute atomic E-state index is 12.8. The minimum Gasteiger partial charge on any atom is -0.324 e. The second kappa shape index (κ2) is 8.74. The molecule has 1 N–H and O–H groups in total. The number of hydrogen-bond donors (Lipinski definition) is 1. The average molecular weight is 407 g/mol. The summed E-state index contributed by atoms with van der Waals surface area (Å²) in [5.41, 5.74) is 3.01. The Balaban J connectivity index is 1.37. The molecule has 2 heterocycles. The van der Waals surface area contributed by atoms with Gasteiger partial charge in [0.2, 0.25) is 0 Å². The highest BCUT2D eigenvalue weighted by Gasteiger charge is 2.27. The summed E-state index contributed by atoms with van der Waals surface area (Å²) in [4.78, 5) is 16.0. The summed E-state index contributed by atoms with van der Waals surface area (Å²) < 4.78 is 1.80. The molecule has 150 valence electrons. The third kappa shape index (κ3) is 4.82. The van der Waals surface area contributed by atoms with E-state index in [0.717, 1.165) is 36.6 Å². The molecule has 1 unspecified atom stereocenters. The molecule has 6 heteroatoms. The molecule has 1 aliphatic rings. The first kappa shape index (κ1) is 19.6. The molecule has 5 nitrogen and oxygen atoms in total. The third-order valence-corrected chi connectivity index (χ3v) is 6.39. The monoisotopic (exact) mass is 406 g/mol. The van der Waals surface area contributed by atoms with Crippen molar-refractivity contribution in [3.05, 3.63) is 71.9 Å². The number of urea groups is 1. The van der Waals surface area contributed by atoms with Crippen LogP contribution in [-0.4, -0.2) is 39.6 Å². The molecule has 0 bridgehead atoms. The van der Waals surface area contributed by atoms with Crippen LogP contribution in [0.1, 0.15) is 17.7 Å². The van der Waals surface area contributed by atoms with Crippen LogP contribution in [0.25, 0.3) is 5.69 Å². The van der Waals surface area contributed by atoms with Crippen molar-refractivity contribution >= 4 is 23.6 Å². The number of nitrogens with zero attached hydrogens (tertiary/aromatic N) is 3. The number of thioether (sulfide) groups is 1. The lowest BCUT2D eigenvalue weighted by Crippen LogP contribution is -2.33. The normalized spacial score (nSPS) is 16.2. The summed E-state index contributed by atoms with van der Waals surface area (Å²) in [6.45, 7) is 5.58. The van der Waals surface area contributed by atoms with Crippen LogP contribution in [0, 0.1) is 19.8 Å². The van der Waals surface area contributed by atoms with E-state index in [9.17, 15) is 4.79 Å². The number of aromatic nitrogens is 2. The van der Waals surface area contributed by atoms with E-state index < -0.39 is 0 Å². The van der Waals surface area contributed by atoms with Crippen LogP contribution in [0.4, 0.5) is 10.6 Å². The van der Waals surface area contributed by atoms with E-state index in [1.807, 2.05) is 60.0 Å². The van der Waals surface area contributed by atoms with Gasteiger partial charge in [-0.05, 0) is 50.5 Å². The van der Waals surface area contributed by atoms with Crippen molar-refractivity contribution in [3.8, 4) is 5.69 Å². The fraction of sp³-hybridized carbons (Fsp3) is 0.304. The van der Waals surface area contributed by atoms with Gasteiger partial charge in [0.1, 0.15) is 5.82 Å². The van der Waals surface area contributed by atoms with Crippen LogP contribution in [-0.2, 0) is 0 Å². The average Bonchev–Trinajstić information content (AvgIpc) is 3.34. The molecule has 1 aliphatic heterocycles. The highest BCUT2D eigenvalue weighted by atomic mass is 32.2. The van der Waals surface area contributed by atoms with Crippen LogP contribution >= 0.6 is 11.8 Å². The molecule has 4 rings (SSSR count). The summed E-state index contributed by atoms with van der Waals surface area (Å²) >= 11 is 1.87. The zero-order valence-corrected chi connectivity index (χ0v) is 17.7. The number of aryl methyl sites for hydroxylation is 2. The molecule has 0 aliphatic carbocycles. The van der Waals surface area contributed by atoms with Gasteiger partial charge in [0.25, 0.3) is 0 Å². The number of nitrogens with one attached hydrogen (secondary N) is 1. The highest BCUT2D eigenvalue weighted by molar-refractivity contribution is 7.99. The molecule has 0 radical (unpaired) electrons. The first-order valence-corrected chi connectivity index (χ1v) is 10.9. The van der Waals surface area contributed by atoms with Gasteiger partial charge in [-0.25, -0.2) is 9.48 Å². The lowest BCUT2D eigenvalue weighted by molar-refractivity contribution is 0.221. The predicted octanol–water partition coefficient (Wildman–Crippen LogP) is 5.14. The van der Waals surface area contributed by atoms with Gasteiger partial charge in [0.15, 0.2) is 0 Å². The molecule has 0 saturated carbocycles. The van der Waals surface area contributed by atoms with E-state index in [-0.39, 0.29) is 6.03 Å². The second-order valence-electron chi connectivity index (χ2n) is 7.57. The number of benzene rings is 2. The lowest BCUT2D eigenvalue weighted by atomic mass is 10.2. The quantitative estimate of drug-likeness (QED) is 0.597. The van der Waals surface area contributed by atoms with Crippen LogP contribution in [0.5, 0.6) is 0 Å². The Morgan fingerprint density at radius 2 is 1.90 bits per heavy atom. The van der Waals surface area contributed by atoms with Gasteiger partial charge in [0, 0.05) is 29.8 Å². The van der Waals surface area contributed by atoms with Crippen LogP contribution in [0.2, 0.25) is 0 Å². The Morgan fingerprint density at radius 3 is 2.66 bits per heavy atom. The summed E-state index contributed by atoms with van der Waals surface area (Å²) in [6, 6.07) is 20.4. The van der Waals surface area contributed by atoms with Crippen LogP contribution in [0.15, 0.2) is 65.6 Å². The molecular formula is C23H26N4OS. The first-order valence-electron chi connectivity index (χ1n) is 9.96. The number of carbonyl (C=O) groups is 1. The van der Waals surface area contributed by atoms with E-state index in [0.29, 0.717) is 11.7 Å². The SMILES string of the molecule is Cc1ccc(-n2nc(C)cc2NC(=O)N2CCC(CSc3ccccc3)C2)cc1. The van der Waals surface area contributed by atoms with Crippen molar-refractivity contribution in [1.82, 2.24) is 14.7 Å². The van der Waals surface area contributed by atoms with Crippen LogP contribution < -0.4 is 5.32 Å². The van der Waals surface area contributed by atoms with Crippen molar-refractivity contribution in [2.75, 3.05) is 24.2 Å². The molecule has 2 amide bonds. The van der Waals surface area contributed by atoms with E-state index in [2.05, 4.69) is 41.6 Å². The predicted molar refractivity (Wildman–Crippen MR) is 119 cm³/mol. The fourth-order valence-electron chi connectivity index (χ4n) is 3.54. The van der Waals surface area contributed by atoms with Crippen molar-refractivity contribution < 1.29 is 4.79 Å². The van der Waals surface area contributed by atoms with Gasteiger partial charge in [0.05, 0.1) is 11.4 Å². The van der Waals surface area contributed by atoms with Gasteiger partial charge in [-0.15, -0.1) is 11.8 Å². The number of amides is 2. The van der Waals surface area contributed by atoms with Crippen molar-refractivity contribution in [3.63, 3.8) is 0 Å². The molecule has 1 atom stereocenters. The Hall–Kier alpha value is -2.73. The third-order valence-electron chi connectivity index (χ3n) is 5.15. The van der Waals surface area contributed by atoms with Crippen molar-refractivity contribution in [2.45, 2.75) is 25.2 Å². The Morgan fingerprint density at radius 1 is 1.14 bits per heavy atom. The minimum atomic E-state index is -0.0505. The molecular weight excluding hydrogens is 380 g/mol. The molecule has 29 heavy (non-hydrogen) atoms. The zero-order chi connectivity index (χ0) is 20.2. The highest BCUT2D eigenvalue weighted by Crippen LogP contribution is 2.26. The number of likely N-dealkylation sites (tertiary alicyclic amines) is 1. The van der Waals surface area contributed by atoms with E-state index in [1.165, 1.54) is 10.5 Å². The Bertz CT molecular complexity index is 968. The van der Waals surface area contributed by atoms with E-state index >= 15 is 0 Å². The number of hydrogen-bond acceptors (Lipinski definition) is 3. The van der Waals surface area contributed by atoms with Gasteiger partial charge in [-0.1, -0.05) is 35.9 Å². The van der Waals surface area contributed by atoms with Gasteiger partial charge in [-0.3, -0.25) is 5.32 Å². The Kier molecular flexibility index (Phi) is 5.90. The lowest BCUT2D eigenvalue weighted by Gasteiger charge is -2.18. The van der Waals surface area contributed by atoms with Gasteiger partial charge >= 0.3 is 6.03 Å². The Labute approximate surface area is 176 Å². The summed E-state index contributed by atoms with van der Waals surface area (Å²) in [6.07, 6.45) is 1.05. The van der Waals surface area contributed by atoms with Gasteiger partial charge in [-0.2, -0.15) is 5.10 Å². The number of carbonyl (C=O) groups excluding carboxylic acids is 1. The topological polar surface area (TPSA) is 50.2 Å². The molecule has 0 spiro atoms. The molecule has 1 saturated heterocycles. The van der Waals surface area contributed by atoms with Crippen LogP contribution in [0.3, 0.4) is 0 Å². The van der Waals surface area contributed by atoms with E-state index in [4.69, 9.17) is 0 Å². The standard InChI is InChI=1S/C23H26N4OS/c1-17-8-10-20(11-9-17)27-22(14-18(2)25-27)24-23(28)26-13-12-19(15-26)16-29-21-6-4-3-5-7-21/h3-11,14,19H,12-13,15-16H2,1-2H3,(H,24,28). The molecule has 1 fully saturated rings. The second-order valence-corrected chi connectivity index (χ2v) is 8.67. The van der Waals surface area contributed by atoms with Crippen molar-refractivity contribution in [1.29, 1.82) is 0 Å². The first-order chi connectivity index (χ1) is 14.1. The number of anilines is 1. The summed E-state index contributed by atoms with van der Waals surface area (Å²) in [5, 5.41) is 7.61. The number of rotatable bonds is 5.